The summed E-state index contributed by atoms with van der Waals surface area (Å²) in [6, 6.07) is 15.9. The molecule has 3 aliphatic rings. The fraction of sp³-hybridized carbons (Fsp3) is 0.167. The second-order valence-electron chi connectivity index (χ2n) is 7.70. The van der Waals surface area contributed by atoms with E-state index in [-0.39, 0.29) is 11.7 Å². The number of imide groups is 1. The van der Waals surface area contributed by atoms with E-state index in [0.29, 0.717) is 21.8 Å². The van der Waals surface area contributed by atoms with Gasteiger partial charge in [0.05, 0.1) is 35.2 Å². The molecule has 2 aromatic carbocycles. The van der Waals surface area contributed by atoms with Crippen LogP contribution < -0.4 is 4.90 Å². The SMILES string of the molecule is N#CC1=C[C@@H]2[C@H]3C(=O)N(c4ccc(Cl)cc4)C(=O)[C@H]3[C@@H](C(=O)c3ccccc3)N2C=C1. The number of benzene rings is 2. The van der Waals surface area contributed by atoms with Crippen molar-refractivity contribution in [2.45, 2.75) is 12.1 Å². The summed E-state index contributed by atoms with van der Waals surface area (Å²) in [5, 5.41) is 9.84. The van der Waals surface area contributed by atoms with Crippen LogP contribution in [0.2, 0.25) is 5.02 Å². The predicted octanol–water partition coefficient (Wildman–Crippen LogP) is 3.36. The predicted molar refractivity (Wildman–Crippen MR) is 114 cm³/mol. The van der Waals surface area contributed by atoms with Gasteiger partial charge in [0.25, 0.3) is 0 Å². The lowest BCUT2D eigenvalue weighted by Gasteiger charge is -2.32. The first-order chi connectivity index (χ1) is 15.0. The number of rotatable bonds is 3. The van der Waals surface area contributed by atoms with Crippen molar-refractivity contribution in [2.24, 2.45) is 11.8 Å². The van der Waals surface area contributed by atoms with E-state index in [2.05, 4.69) is 6.07 Å². The van der Waals surface area contributed by atoms with E-state index in [1.807, 2.05) is 6.07 Å². The Morgan fingerprint density at radius 1 is 0.968 bits per heavy atom. The second kappa shape index (κ2) is 7.22. The highest BCUT2D eigenvalue weighted by molar-refractivity contribution is 6.31. The van der Waals surface area contributed by atoms with Gasteiger partial charge in [0.1, 0.15) is 6.04 Å². The zero-order valence-electron chi connectivity index (χ0n) is 16.2. The fourth-order valence-corrected chi connectivity index (χ4v) is 4.86. The molecule has 4 atom stereocenters. The van der Waals surface area contributed by atoms with Crippen molar-refractivity contribution in [3.63, 3.8) is 0 Å². The van der Waals surface area contributed by atoms with Crippen LogP contribution in [0.3, 0.4) is 0 Å². The van der Waals surface area contributed by atoms with Crippen molar-refractivity contribution >= 4 is 34.9 Å². The molecule has 3 aliphatic heterocycles. The maximum absolute atomic E-state index is 13.5. The van der Waals surface area contributed by atoms with Gasteiger partial charge in [-0.05, 0) is 36.4 Å². The number of ketones is 1. The van der Waals surface area contributed by atoms with Crippen molar-refractivity contribution in [2.75, 3.05) is 4.90 Å². The van der Waals surface area contributed by atoms with E-state index in [1.54, 1.807) is 71.8 Å². The molecule has 3 heterocycles. The van der Waals surface area contributed by atoms with Crippen LogP contribution in [-0.2, 0) is 9.59 Å². The molecule has 2 saturated heterocycles. The van der Waals surface area contributed by atoms with Gasteiger partial charge in [-0.25, -0.2) is 4.90 Å². The molecule has 2 fully saturated rings. The van der Waals surface area contributed by atoms with Crippen molar-refractivity contribution in [1.82, 2.24) is 4.90 Å². The molecular weight excluding hydrogens is 414 g/mol. The minimum Gasteiger partial charge on any atom is -0.359 e. The van der Waals surface area contributed by atoms with Gasteiger partial charge in [0, 0.05) is 16.8 Å². The number of carbonyl (C=O) groups is 3. The van der Waals surface area contributed by atoms with E-state index in [4.69, 9.17) is 11.6 Å². The average molecular weight is 430 g/mol. The Balaban J connectivity index is 1.61. The number of halogens is 1. The van der Waals surface area contributed by atoms with Gasteiger partial charge < -0.3 is 4.90 Å². The lowest BCUT2D eigenvalue weighted by atomic mass is 9.86. The normalized spacial score (nSPS) is 26.4. The third kappa shape index (κ3) is 2.89. The molecular formula is C24H16ClN3O3. The van der Waals surface area contributed by atoms with Gasteiger partial charge in [-0.3, -0.25) is 14.4 Å². The second-order valence-corrected chi connectivity index (χ2v) is 8.14. The summed E-state index contributed by atoms with van der Waals surface area (Å²) < 4.78 is 0. The highest BCUT2D eigenvalue weighted by Crippen LogP contribution is 2.47. The number of amides is 2. The highest BCUT2D eigenvalue weighted by atomic mass is 35.5. The first kappa shape index (κ1) is 19.3. The average Bonchev–Trinajstić information content (AvgIpc) is 3.26. The number of nitrogens with zero attached hydrogens (tertiary/aromatic N) is 3. The molecule has 5 rings (SSSR count). The van der Waals surface area contributed by atoms with Crippen LogP contribution in [-0.4, -0.2) is 34.6 Å². The summed E-state index contributed by atoms with van der Waals surface area (Å²) in [5.74, 6) is -2.62. The number of hydrogen-bond acceptors (Lipinski definition) is 5. The monoisotopic (exact) mass is 429 g/mol. The number of fused-ring (bicyclic) bond motifs is 3. The third-order valence-electron chi connectivity index (χ3n) is 6.09. The minimum absolute atomic E-state index is 0.226. The smallest absolute Gasteiger partial charge is 0.240 e. The standard InChI is InChI=1S/C24H16ClN3O3/c25-16-6-8-17(9-7-16)28-23(30)19-18-12-14(13-26)10-11-27(18)21(20(19)24(28)31)22(29)15-4-2-1-3-5-15/h1-12,18-21H/t18-,19-,20-,21+/m1/s1. The van der Waals surface area contributed by atoms with Crippen LogP contribution in [0.1, 0.15) is 10.4 Å². The summed E-state index contributed by atoms with van der Waals surface area (Å²) in [6.45, 7) is 0. The van der Waals surface area contributed by atoms with Crippen molar-refractivity contribution in [3.8, 4) is 6.07 Å². The van der Waals surface area contributed by atoms with Crippen LogP contribution in [0.4, 0.5) is 5.69 Å². The molecule has 152 valence electrons. The van der Waals surface area contributed by atoms with E-state index in [1.165, 1.54) is 0 Å². The van der Waals surface area contributed by atoms with Crippen LogP contribution in [0.25, 0.3) is 0 Å². The fourth-order valence-electron chi connectivity index (χ4n) is 4.74. The molecule has 0 N–H and O–H groups in total. The van der Waals surface area contributed by atoms with Crippen LogP contribution in [0.5, 0.6) is 0 Å². The van der Waals surface area contributed by atoms with Gasteiger partial charge in [0.2, 0.25) is 11.8 Å². The first-order valence-corrected chi connectivity index (χ1v) is 10.2. The van der Waals surface area contributed by atoms with E-state index >= 15 is 0 Å². The zero-order valence-corrected chi connectivity index (χ0v) is 16.9. The van der Waals surface area contributed by atoms with E-state index in [0.717, 1.165) is 4.90 Å². The van der Waals surface area contributed by atoms with Crippen molar-refractivity contribution < 1.29 is 14.4 Å². The van der Waals surface area contributed by atoms with Gasteiger partial charge >= 0.3 is 0 Å². The Morgan fingerprint density at radius 2 is 1.65 bits per heavy atom. The third-order valence-corrected chi connectivity index (χ3v) is 6.34. The molecule has 0 spiro atoms. The molecule has 2 aromatic rings. The summed E-state index contributed by atoms with van der Waals surface area (Å²) in [6.07, 6.45) is 4.93. The number of allylic oxidation sites excluding steroid dienone is 2. The molecule has 0 radical (unpaired) electrons. The van der Waals surface area contributed by atoms with Gasteiger partial charge in [-0.15, -0.1) is 0 Å². The largest absolute Gasteiger partial charge is 0.359 e. The molecule has 0 saturated carbocycles. The topological polar surface area (TPSA) is 81.5 Å². The van der Waals surface area contributed by atoms with Gasteiger partial charge in [-0.1, -0.05) is 41.9 Å². The minimum atomic E-state index is -0.847. The lowest BCUT2D eigenvalue weighted by molar-refractivity contribution is -0.123. The number of nitriles is 1. The molecule has 2 amide bonds. The Hall–Kier alpha value is -3.69. The van der Waals surface area contributed by atoms with Gasteiger partial charge in [0.15, 0.2) is 5.78 Å². The maximum Gasteiger partial charge on any atom is 0.240 e. The lowest BCUT2D eigenvalue weighted by Crippen LogP contribution is -2.46. The first-order valence-electron chi connectivity index (χ1n) is 9.81. The number of hydrogen-bond donors (Lipinski definition) is 0. The van der Waals surface area contributed by atoms with Crippen molar-refractivity contribution in [3.05, 3.63) is 89.1 Å². The molecule has 7 heteroatoms. The molecule has 0 aromatic heterocycles. The zero-order chi connectivity index (χ0) is 21.7. The van der Waals surface area contributed by atoms with Gasteiger partial charge in [-0.2, -0.15) is 5.26 Å². The van der Waals surface area contributed by atoms with Crippen LogP contribution in [0.15, 0.2) is 78.5 Å². The number of carbonyl (C=O) groups excluding carboxylic acids is 3. The Bertz CT molecular complexity index is 1200. The van der Waals surface area contributed by atoms with Crippen LogP contribution >= 0.6 is 11.6 Å². The summed E-state index contributed by atoms with van der Waals surface area (Å²) in [5.41, 5.74) is 1.29. The Morgan fingerprint density at radius 3 is 2.32 bits per heavy atom. The Labute approximate surface area is 183 Å². The van der Waals surface area contributed by atoms with Crippen molar-refractivity contribution in [1.29, 1.82) is 5.26 Å². The molecule has 0 aliphatic carbocycles. The summed E-state index contributed by atoms with van der Waals surface area (Å²) >= 11 is 5.96. The summed E-state index contributed by atoms with van der Waals surface area (Å²) in [4.78, 5) is 43.3. The maximum atomic E-state index is 13.5. The Kier molecular flexibility index (Phi) is 4.49. The quantitative estimate of drug-likeness (QED) is 0.552. The van der Waals surface area contributed by atoms with E-state index in [9.17, 15) is 19.6 Å². The van der Waals surface area contributed by atoms with Crippen LogP contribution in [0, 0.1) is 23.2 Å². The number of Topliss-reactive ketones (excluding diaryl/α,β-unsaturated/α-hetero) is 1. The van der Waals surface area contributed by atoms with E-state index < -0.39 is 29.8 Å². The summed E-state index contributed by atoms with van der Waals surface area (Å²) in [7, 11) is 0. The molecule has 0 unspecified atom stereocenters. The molecule has 31 heavy (non-hydrogen) atoms. The molecule has 6 nitrogen and oxygen atoms in total. The highest BCUT2D eigenvalue weighted by Gasteiger charge is 2.63. The molecule has 0 bridgehead atoms. The number of anilines is 1.